The van der Waals surface area contributed by atoms with E-state index in [2.05, 4.69) is 10.6 Å². The Labute approximate surface area is 144 Å². The summed E-state index contributed by atoms with van der Waals surface area (Å²) >= 11 is 0. The van der Waals surface area contributed by atoms with Gasteiger partial charge in [0.05, 0.1) is 0 Å². The third-order valence-electron chi connectivity index (χ3n) is 3.51. The number of carbonyl (C=O) groups is 2. The van der Waals surface area contributed by atoms with Gasteiger partial charge >= 0.3 is 12.1 Å². The average Bonchev–Trinajstić information content (AvgIpc) is 2.54. The molecular formula is C17H23F3N2O3. The molecule has 1 aromatic rings. The van der Waals surface area contributed by atoms with Crippen LogP contribution in [0.15, 0.2) is 24.3 Å². The molecule has 25 heavy (non-hydrogen) atoms. The van der Waals surface area contributed by atoms with Gasteiger partial charge in [0.1, 0.15) is 6.54 Å². The lowest BCUT2D eigenvalue weighted by Gasteiger charge is -2.08. The van der Waals surface area contributed by atoms with Gasteiger partial charge in [-0.25, -0.2) is 0 Å². The molecule has 0 saturated carbocycles. The summed E-state index contributed by atoms with van der Waals surface area (Å²) in [5.74, 6) is -1.56. The van der Waals surface area contributed by atoms with Crippen molar-refractivity contribution in [2.45, 2.75) is 44.7 Å². The Bertz CT molecular complexity index is 545. The van der Waals surface area contributed by atoms with E-state index >= 15 is 0 Å². The zero-order valence-corrected chi connectivity index (χ0v) is 13.9. The van der Waals surface area contributed by atoms with Gasteiger partial charge in [0.25, 0.3) is 5.91 Å². The minimum absolute atomic E-state index is 0.183. The second-order valence-corrected chi connectivity index (χ2v) is 5.71. The molecule has 0 heterocycles. The maximum absolute atomic E-state index is 12.0. The molecule has 140 valence electrons. The van der Waals surface area contributed by atoms with Gasteiger partial charge in [-0.05, 0) is 37.1 Å². The maximum Gasteiger partial charge on any atom is 0.389 e. The van der Waals surface area contributed by atoms with Gasteiger partial charge in [0, 0.05) is 24.2 Å². The minimum atomic E-state index is -4.06. The van der Waals surface area contributed by atoms with Crippen LogP contribution in [0.25, 0.3) is 0 Å². The third kappa shape index (κ3) is 10.3. The number of carboxylic acids is 1. The quantitative estimate of drug-likeness (QED) is 0.524. The zero-order chi connectivity index (χ0) is 18.7. The van der Waals surface area contributed by atoms with Crippen LogP contribution in [0.4, 0.5) is 18.9 Å². The van der Waals surface area contributed by atoms with E-state index in [4.69, 9.17) is 5.11 Å². The summed E-state index contributed by atoms with van der Waals surface area (Å²) in [6.07, 6.45) is -1.51. The Hall–Kier alpha value is -2.25. The van der Waals surface area contributed by atoms with Crippen molar-refractivity contribution in [3.63, 3.8) is 0 Å². The van der Waals surface area contributed by atoms with Crippen LogP contribution in [0, 0.1) is 0 Å². The standard InChI is InChI=1S/C17H23F3N2O3/c18-17(19,20)10-4-2-1-3-5-11-21-14-8-6-13(7-9-14)16(25)22-12-15(23)24/h6-9,21H,1-5,10-12H2,(H,22,25)(H,23,24). The van der Waals surface area contributed by atoms with Crippen LogP contribution in [-0.2, 0) is 4.79 Å². The fraction of sp³-hybridized carbons (Fsp3) is 0.529. The van der Waals surface area contributed by atoms with E-state index in [-0.39, 0.29) is 6.42 Å². The van der Waals surface area contributed by atoms with Gasteiger partial charge < -0.3 is 15.7 Å². The number of hydrogen-bond donors (Lipinski definition) is 3. The molecule has 5 nitrogen and oxygen atoms in total. The van der Waals surface area contributed by atoms with E-state index < -0.39 is 31.0 Å². The molecule has 0 aromatic heterocycles. The summed E-state index contributed by atoms with van der Waals surface area (Å²) in [7, 11) is 0. The predicted octanol–water partition coefficient (Wildman–Crippen LogP) is 3.82. The fourth-order valence-electron chi connectivity index (χ4n) is 2.21. The number of carboxylic acid groups (broad SMARTS) is 1. The molecule has 0 radical (unpaired) electrons. The summed E-state index contributed by atoms with van der Waals surface area (Å²) in [5, 5.41) is 13.9. The number of alkyl halides is 3. The van der Waals surface area contributed by atoms with Crippen molar-refractivity contribution in [3.8, 4) is 0 Å². The summed E-state index contributed by atoms with van der Waals surface area (Å²) in [5.41, 5.74) is 1.20. The Morgan fingerprint density at radius 3 is 2.16 bits per heavy atom. The lowest BCUT2D eigenvalue weighted by Crippen LogP contribution is -2.29. The van der Waals surface area contributed by atoms with Crippen molar-refractivity contribution in [1.29, 1.82) is 0 Å². The molecule has 0 aliphatic rings. The number of carbonyl (C=O) groups excluding carboxylic acids is 1. The molecule has 0 aliphatic carbocycles. The Morgan fingerprint density at radius 2 is 1.56 bits per heavy atom. The molecule has 1 rings (SSSR count). The summed E-state index contributed by atoms with van der Waals surface area (Å²) in [6.45, 7) is 0.269. The average molecular weight is 360 g/mol. The Balaban J connectivity index is 2.15. The minimum Gasteiger partial charge on any atom is -0.480 e. The molecule has 0 bridgehead atoms. The largest absolute Gasteiger partial charge is 0.480 e. The highest BCUT2D eigenvalue weighted by atomic mass is 19.4. The monoisotopic (exact) mass is 360 g/mol. The van der Waals surface area contributed by atoms with E-state index in [0.717, 1.165) is 24.9 Å². The van der Waals surface area contributed by atoms with Crippen LogP contribution >= 0.6 is 0 Å². The third-order valence-corrected chi connectivity index (χ3v) is 3.51. The van der Waals surface area contributed by atoms with E-state index in [0.29, 0.717) is 18.5 Å². The molecule has 0 spiro atoms. The SMILES string of the molecule is O=C(O)CNC(=O)c1ccc(NCCCCCCCC(F)(F)F)cc1. The summed E-state index contributed by atoms with van der Waals surface area (Å²) in [6, 6.07) is 6.63. The predicted molar refractivity (Wildman–Crippen MR) is 88.7 cm³/mol. The van der Waals surface area contributed by atoms with E-state index in [1.807, 2.05) is 0 Å². The molecular weight excluding hydrogens is 337 g/mol. The van der Waals surface area contributed by atoms with Gasteiger partial charge in [-0.15, -0.1) is 0 Å². The highest BCUT2D eigenvalue weighted by molar-refractivity contribution is 5.96. The highest BCUT2D eigenvalue weighted by Gasteiger charge is 2.25. The van der Waals surface area contributed by atoms with Crippen LogP contribution < -0.4 is 10.6 Å². The number of unbranched alkanes of at least 4 members (excludes halogenated alkanes) is 4. The number of halogens is 3. The van der Waals surface area contributed by atoms with Crippen LogP contribution in [0.2, 0.25) is 0 Å². The molecule has 1 amide bonds. The van der Waals surface area contributed by atoms with Crippen molar-refractivity contribution in [2.24, 2.45) is 0 Å². The number of amides is 1. The lowest BCUT2D eigenvalue weighted by atomic mass is 10.1. The topological polar surface area (TPSA) is 78.4 Å². The first kappa shape index (κ1) is 20.8. The van der Waals surface area contributed by atoms with Crippen LogP contribution in [-0.4, -0.2) is 36.2 Å². The van der Waals surface area contributed by atoms with E-state index in [1.54, 1.807) is 24.3 Å². The Morgan fingerprint density at radius 1 is 0.960 bits per heavy atom. The number of hydrogen-bond acceptors (Lipinski definition) is 3. The molecule has 1 aromatic carbocycles. The van der Waals surface area contributed by atoms with Gasteiger partial charge in [-0.3, -0.25) is 9.59 Å². The number of anilines is 1. The number of benzene rings is 1. The second-order valence-electron chi connectivity index (χ2n) is 5.71. The second kappa shape index (κ2) is 10.6. The fourth-order valence-corrected chi connectivity index (χ4v) is 2.21. The smallest absolute Gasteiger partial charge is 0.389 e. The van der Waals surface area contributed by atoms with Crippen LogP contribution in [0.3, 0.4) is 0 Å². The summed E-state index contributed by atoms with van der Waals surface area (Å²) < 4.78 is 35.9. The van der Waals surface area contributed by atoms with Crippen molar-refractivity contribution >= 4 is 17.6 Å². The molecule has 8 heteroatoms. The van der Waals surface area contributed by atoms with E-state index in [1.165, 1.54) is 0 Å². The maximum atomic E-state index is 12.0. The molecule has 0 unspecified atom stereocenters. The van der Waals surface area contributed by atoms with Crippen LogP contribution in [0.1, 0.15) is 48.9 Å². The molecule has 0 atom stereocenters. The van der Waals surface area contributed by atoms with Crippen molar-refractivity contribution in [2.75, 3.05) is 18.4 Å². The number of nitrogens with one attached hydrogen (secondary N) is 2. The van der Waals surface area contributed by atoms with Crippen LogP contribution in [0.5, 0.6) is 0 Å². The first-order valence-electron chi connectivity index (χ1n) is 8.18. The van der Waals surface area contributed by atoms with Gasteiger partial charge in [0.15, 0.2) is 0 Å². The van der Waals surface area contributed by atoms with Crippen molar-refractivity contribution < 1.29 is 27.9 Å². The molecule has 3 N–H and O–H groups in total. The molecule has 0 saturated heterocycles. The van der Waals surface area contributed by atoms with Crippen molar-refractivity contribution in [1.82, 2.24) is 5.32 Å². The van der Waals surface area contributed by atoms with Gasteiger partial charge in [-0.1, -0.05) is 19.3 Å². The highest BCUT2D eigenvalue weighted by Crippen LogP contribution is 2.23. The van der Waals surface area contributed by atoms with Gasteiger partial charge in [-0.2, -0.15) is 13.2 Å². The normalized spacial score (nSPS) is 11.2. The summed E-state index contributed by atoms with van der Waals surface area (Å²) in [4.78, 5) is 22.0. The molecule has 0 aliphatic heterocycles. The number of rotatable bonds is 11. The lowest BCUT2D eigenvalue weighted by molar-refractivity contribution is -0.136. The number of aliphatic carboxylic acids is 1. The first-order valence-corrected chi connectivity index (χ1v) is 8.18. The zero-order valence-electron chi connectivity index (χ0n) is 13.9. The van der Waals surface area contributed by atoms with Gasteiger partial charge in [0.2, 0.25) is 0 Å². The Kier molecular flexibility index (Phi) is 8.80. The molecule has 0 fully saturated rings. The first-order chi connectivity index (χ1) is 11.8. The van der Waals surface area contributed by atoms with E-state index in [9.17, 15) is 22.8 Å². The van der Waals surface area contributed by atoms with Crippen molar-refractivity contribution in [3.05, 3.63) is 29.8 Å².